The van der Waals surface area contributed by atoms with E-state index in [-0.39, 0.29) is 0 Å². The summed E-state index contributed by atoms with van der Waals surface area (Å²) in [6.07, 6.45) is 7.99. The van der Waals surface area contributed by atoms with E-state index < -0.39 is 0 Å². The van der Waals surface area contributed by atoms with Crippen molar-refractivity contribution < 1.29 is 8.83 Å². The second kappa shape index (κ2) is 14.4. The molecular formula is C58H39NO2. The zero-order valence-electron chi connectivity index (χ0n) is 33.3. The van der Waals surface area contributed by atoms with Crippen molar-refractivity contribution in [1.82, 2.24) is 0 Å². The molecule has 0 amide bonds. The second-order valence-electron chi connectivity index (χ2n) is 16.0. The van der Waals surface area contributed by atoms with Crippen LogP contribution < -0.4 is 4.90 Å². The van der Waals surface area contributed by atoms with Crippen LogP contribution in [0.4, 0.5) is 17.1 Å². The van der Waals surface area contributed by atoms with Gasteiger partial charge in [0, 0.05) is 50.0 Å². The van der Waals surface area contributed by atoms with Gasteiger partial charge in [-0.1, -0.05) is 158 Å². The number of nitrogens with zero attached hydrogens (tertiary/aromatic N) is 1. The molecule has 2 heterocycles. The van der Waals surface area contributed by atoms with Crippen molar-refractivity contribution in [2.24, 2.45) is 0 Å². The van der Waals surface area contributed by atoms with Crippen LogP contribution in [0.1, 0.15) is 23.5 Å². The van der Waals surface area contributed by atoms with Crippen LogP contribution in [0.3, 0.4) is 0 Å². The van der Waals surface area contributed by atoms with Crippen LogP contribution in [-0.2, 0) is 0 Å². The Balaban J connectivity index is 0.979. The van der Waals surface area contributed by atoms with Gasteiger partial charge in [0.25, 0.3) is 0 Å². The number of rotatable bonds is 7. The summed E-state index contributed by atoms with van der Waals surface area (Å²) in [6.45, 7) is 0. The van der Waals surface area contributed by atoms with Gasteiger partial charge in [0.15, 0.2) is 0 Å². The number of furan rings is 2. The molecule has 0 radical (unpaired) electrons. The van der Waals surface area contributed by atoms with Crippen LogP contribution in [0.25, 0.3) is 82.5 Å². The van der Waals surface area contributed by atoms with Gasteiger partial charge in [0.1, 0.15) is 22.3 Å². The standard InChI is InChI=1S/C58H39NO2/c1-2-12-38(13-3-1)41-16-10-17-42(34-41)39-24-29-46(30-25-39)59(47-31-26-40(27-32-47)45-28-33-50-49-19-7-9-23-55(49)60-56(50)37-45)54-22-8-6-18-48(54)51-20-11-21-52-53-35-43-14-4-5-15-44(43)36-57(53)61-58(51)52/h1-15,17-37,41H,16H2. The maximum atomic E-state index is 6.79. The largest absolute Gasteiger partial charge is 0.456 e. The summed E-state index contributed by atoms with van der Waals surface area (Å²) < 4.78 is 13.1. The van der Waals surface area contributed by atoms with Crippen molar-refractivity contribution in [1.29, 1.82) is 0 Å². The van der Waals surface area contributed by atoms with Gasteiger partial charge in [-0.3, -0.25) is 0 Å². The maximum Gasteiger partial charge on any atom is 0.143 e. The zero-order valence-corrected chi connectivity index (χ0v) is 33.3. The highest BCUT2D eigenvalue weighted by molar-refractivity contribution is 6.14. The van der Waals surface area contributed by atoms with Crippen molar-refractivity contribution >= 4 is 77.3 Å². The summed E-state index contributed by atoms with van der Waals surface area (Å²) in [4.78, 5) is 2.37. The lowest BCUT2D eigenvalue weighted by atomic mass is 9.87. The smallest absolute Gasteiger partial charge is 0.143 e. The van der Waals surface area contributed by atoms with Gasteiger partial charge in [-0.25, -0.2) is 0 Å². The molecule has 1 aliphatic carbocycles. The van der Waals surface area contributed by atoms with Crippen LogP contribution in [0, 0.1) is 0 Å². The monoisotopic (exact) mass is 781 g/mol. The highest BCUT2D eigenvalue weighted by Crippen LogP contribution is 2.45. The number of allylic oxidation sites excluding steroid dienone is 4. The summed E-state index contributed by atoms with van der Waals surface area (Å²) in [5.74, 6) is 0.356. The number of benzene rings is 9. The van der Waals surface area contributed by atoms with Crippen molar-refractivity contribution in [3.8, 4) is 22.3 Å². The van der Waals surface area contributed by atoms with E-state index in [0.717, 1.165) is 89.6 Å². The number of para-hydroxylation sites is 3. The third-order valence-electron chi connectivity index (χ3n) is 12.4. The predicted octanol–water partition coefficient (Wildman–Crippen LogP) is 16.6. The normalized spacial score (nSPS) is 14.0. The topological polar surface area (TPSA) is 29.5 Å². The first-order valence-electron chi connectivity index (χ1n) is 21.0. The SMILES string of the molecule is C1=CC(c2ccc(N(c3ccc(-c4ccc5c(c4)oc4ccccc45)cc3)c3ccccc3-c3cccc4c3oc3cc5ccccc5cc34)cc2)=CC(c2ccccc2)C1. The fourth-order valence-corrected chi connectivity index (χ4v) is 9.34. The molecule has 0 aliphatic heterocycles. The van der Waals surface area contributed by atoms with E-state index in [4.69, 9.17) is 8.83 Å². The first-order chi connectivity index (χ1) is 30.2. The van der Waals surface area contributed by atoms with Crippen LogP contribution in [-0.4, -0.2) is 0 Å². The molecule has 0 fully saturated rings. The molecule has 11 aromatic rings. The molecule has 3 nitrogen and oxygen atoms in total. The van der Waals surface area contributed by atoms with Gasteiger partial charge < -0.3 is 13.7 Å². The van der Waals surface area contributed by atoms with Crippen LogP contribution in [0.5, 0.6) is 0 Å². The Hall–Kier alpha value is -7.88. The summed E-state index contributed by atoms with van der Waals surface area (Å²) in [5, 5.41) is 6.87. The fourth-order valence-electron chi connectivity index (χ4n) is 9.34. The molecule has 9 aromatic carbocycles. The lowest BCUT2D eigenvalue weighted by molar-refractivity contribution is 0.669. The number of hydrogen-bond donors (Lipinski definition) is 0. The molecule has 1 atom stereocenters. The van der Waals surface area contributed by atoms with Crippen LogP contribution >= 0.6 is 0 Å². The number of anilines is 3. The molecule has 0 saturated heterocycles. The Morgan fingerprint density at radius 2 is 1.07 bits per heavy atom. The molecule has 1 unspecified atom stereocenters. The molecule has 288 valence electrons. The lowest BCUT2D eigenvalue weighted by Gasteiger charge is -2.28. The Bertz CT molecular complexity index is 3500. The minimum absolute atomic E-state index is 0.356. The van der Waals surface area contributed by atoms with Crippen molar-refractivity contribution in [2.75, 3.05) is 4.90 Å². The average Bonchev–Trinajstić information content (AvgIpc) is 3.89. The van der Waals surface area contributed by atoms with Gasteiger partial charge in [-0.05, 0) is 106 Å². The summed E-state index contributed by atoms with van der Waals surface area (Å²) >= 11 is 0. The van der Waals surface area contributed by atoms with Crippen molar-refractivity contribution in [2.45, 2.75) is 12.3 Å². The van der Waals surface area contributed by atoms with E-state index in [1.165, 1.54) is 27.5 Å². The number of hydrogen-bond acceptors (Lipinski definition) is 3. The van der Waals surface area contributed by atoms with E-state index in [2.05, 4.69) is 211 Å². The fraction of sp³-hybridized carbons (Fsp3) is 0.0345. The predicted molar refractivity (Wildman–Crippen MR) is 255 cm³/mol. The molecule has 0 saturated carbocycles. The first kappa shape index (κ1) is 35.1. The Kier molecular flexibility index (Phi) is 8.31. The Morgan fingerprint density at radius 1 is 0.426 bits per heavy atom. The molecule has 2 aromatic heterocycles. The molecule has 0 spiro atoms. The highest BCUT2D eigenvalue weighted by atomic mass is 16.3. The summed E-state index contributed by atoms with van der Waals surface area (Å²) in [5.41, 5.74) is 14.9. The molecule has 0 bridgehead atoms. The molecule has 3 heteroatoms. The van der Waals surface area contributed by atoms with E-state index in [1.54, 1.807) is 0 Å². The van der Waals surface area contributed by atoms with E-state index in [1.807, 2.05) is 12.1 Å². The van der Waals surface area contributed by atoms with Crippen LogP contribution in [0.2, 0.25) is 0 Å². The minimum atomic E-state index is 0.356. The van der Waals surface area contributed by atoms with Crippen molar-refractivity contribution in [3.05, 3.63) is 230 Å². The van der Waals surface area contributed by atoms with Crippen molar-refractivity contribution in [3.63, 3.8) is 0 Å². The Labute approximate surface area is 353 Å². The zero-order chi connectivity index (χ0) is 40.3. The quantitative estimate of drug-likeness (QED) is 0.161. The first-order valence-corrected chi connectivity index (χ1v) is 21.0. The third kappa shape index (κ3) is 6.13. The lowest BCUT2D eigenvalue weighted by Crippen LogP contribution is -2.11. The van der Waals surface area contributed by atoms with Gasteiger partial charge >= 0.3 is 0 Å². The molecule has 12 rings (SSSR count). The van der Waals surface area contributed by atoms with Crippen LogP contribution in [0.15, 0.2) is 227 Å². The van der Waals surface area contributed by atoms with Gasteiger partial charge in [0.05, 0.1) is 5.69 Å². The molecular weight excluding hydrogens is 743 g/mol. The molecule has 1 aliphatic rings. The second-order valence-corrected chi connectivity index (χ2v) is 16.0. The van der Waals surface area contributed by atoms with E-state index in [9.17, 15) is 0 Å². The van der Waals surface area contributed by atoms with E-state index in [0.29, 0.717) is 5.92 Å². The Morgan fingerprint density at radius 3 is 1.90 bits per heavy atom. The molecule has 0 N–H and O–H groups in total. The van der Waals surface area contributed by atoms with Gasteiger partial charge in [0.2, 0.25) is 0 Å². The third-order valence-corrected chi connectivity index (χ3v) is 12.4. The van der Waals surface area contributed by atoms with Gasteiger partial charge in [-0.2, -0.15) is 0 Å². The molecule has 61 heavy (non-hydrogen) atoms. The number of fused-ring (bicyclic) bond motifs is 7. The highest BCUT2D eigenvalue weighted by Gasteiger charge is 2.21. The summed E-state index contributed by atoms with van der Waals surface area (Å²) in [6, 6.07) is 71.6. The maximum absolute atomic E-state index is 6.79. The summed E-state index contributed by atoms with van der Waals surface area (Å²) in [7, 11) is 0. The van der Waals surface area contributed by atoms with E-state index >= 15 is 0 Å². The van der Waals surface area contributed by atoms with Gasteiger partial charge in [-0.15, -0.1) is 0 Å². The average molecular weight is 782 g/mol. The minimum Gasteiger partial charge on any atom is -0.456 e.